The molecular weight excluding hydrogens is 653 g/mol. The summed E-state index contributed by atoms with van der Waals surface area (Å²) in [6, 6.07) is 24.6. The van der Waals surface area contributed by atoms with E-state index in [0.717, 1.165) is 15.4 Å². The molecule has 236 valence electrons. The lowest BCUT2D eigenvalue weighted by molar-refractivity contribution is -0.140. The molecule has 1 unspecified atom stereocenters. The number of hydrogen-bond acceptors (Lipinski definition) is 4. The first kappa shape index (κ1) is 34.3. The lowest BCUT2D eigenvalue weighted by atomic mass is 10.0. The Bertz CT molecular complexity index is 1770. The number of carbonyl (C=O) groups excluding carboxylic acids is 2. The van der Waals surface area contributed by atoms with Crippen LogP contribution in [0.1, 0.15) is 29.2 Å². The van der Waals surface area contributed by atoms with Gasteiger partial charge in [0.1, 0.15) is 12.6 Å². The maximum Gasteiger partial charge on any atom is 0.264 e. The first-order valence-corrected chi connectivity index (χ1v) is 16.9. The van der Waals surface area contributed by atoms with Crippen LogP contribution >= 0.6 is 34.8 Å². The van der Waals surface area contributed by atoms with E-state index in [0.29, 0.717) is 27.7 Å². The molecule has 0 aliphatic carbocycles. The van der Waals surface area contributed by atoms with Gasteiger partial charge in [0.05, 0.1) is 20.6 Å². The van der Waals surface area contributed by atoms with Gasteiger partial charge in [-0.2, -0.15) is 0 Å². The van der Waals surface area contributed by atoms with Gasteiger partial charge in [-0.15, -0.1) is 0 Å². The van der Waals surface area contributed by atoms with E-state index in [2.05, 4.69) is 5.32 Å². The molecule has 0 spiro atoms. The minimum absolute atomic E-state index is 0.0147. The molecule has 11 heteroatoms. The van der Waals surface area contributed by atoms with E-state index in [9.17, 15) is 18.0 Å². The van der Waals surface area contributed by atoms with E-state index in [-0.39, 0.29) is 34.5 Å². The van der Waals surface area contributed by atoms with Gasteiger partial charge >= 0.3 is 0 Å². The number of carbonyl (C=O) groups is 2. The van der Waals surface area contributed by atoms with Crippen LogP contribution in [0.4, 0.5) is 5.69 Å². The van der Waals surface area contributed by atoms with Crippen LogP contribution in [-0.2, 0) is 32.6 Å². The zero-order valence-corrected chi connectivity index (χ0v) is 28.2. The van der Waals surface area contributed by atoms with Crippen molar-refractivity contribution in [1.29, 1.82) is 0 Å². The molecule has 0 saturated heterocycles. The number of sulfonamides is 1. The van der Waals surface area contributed by atoms with Crippen molar-refractivity contribution in [3.63, 3.8) is 0 Å². The summed E-state index contributed by atoms with van der Waals surface area (Å²) in [7, 11) is -4.25. The largest absolute Gasteiger partial charge is 0.355 e. The molecule has 0 heterocycles. The van der Waals surface area contributed by atoms with E-state index in [1.165, 1.54) is 17.0 Å². The number of hydrogen-bond donors (Lipinski definition) is 1. The maximum absolute atomic E-state index is 14.5. The molecule has 45 heavy (non-hydrogen) atoms. The van der Waals surface area contributed by atoms with E-state index in [1.807, 2.05) is 37.3 Å². The quantitative estimate of drug-likeness (QED) is 0.170. The summed E-state index contributed by atoms with van der Waals surface area (Å²) in [4.78, 5) is 29.5. The van der Waals surface area contributed by atoms with E-state index in [1.54, 1.807) is 62.4 Å². The molecule has 2 amide bonds. The van der Waals surface area contributed by atoms with Crippen LogP contribution < -0.4 is 9.62 Å². The van der Waals surface area contributed by atoms with Crippen molar-refractivity contribution in [3.8, 4) is 0 Å². The second kappa shape index (κ2) is 15.1. The molecule has 1 atom stereocenters. The summed E-state index contributed by atoms with van der Waals surface area (Å²) >= 11 is 18.9. The molecule has 4 aromatic carbocycles. The van der Waals surface area contributed by atoms with Gasteiger partial charge in [-0.05, 0) is 73.9 Å². The number of rotatable bonds is 12. The molecule has 0 fully saturated rings. The Labute approximate surface area is 279 Å². The van der Waals surface area contributed by atoms with Gasteiger partial charge in [0.25, 0.3) is 10.0 Å². The second-order valence-corrected chi connectivity index (χ2v) is 13.7. The average molecular weight is 687 g/mol. The summed E-state index contributed by atoms with van der Waals surface area (Å²) in [6.45, 7) is 5.06. The number of likely N-dealkylation sites (N-methyl/N-ethyl adjacent to an activating group) is 1. The van der Waals surface area contributed by atoms with Crippen LogP contribution in [0.2, 0.25) is 15.1 Å². The highest BCUT2D eigenvalue weighted by Crippen LogP contribution is 2.32. The molecule has 0 aliphatic rings. The van der Waals surface area contributed by atoms with Crippen molar-refractivity contribution in [2.75, 3.05) is 17.4 Å². The van der Waals surface area contributed by atoms with Gasteiger partial charge in [0.15, 0.2) is 0 Å². The van der Waals surface area contributed by atoms with Crippen molar-refractivity contribution < 1.29 is 18.0 Å². The van der Waals surface area contributed by atoms with Crippen molar-refractivity contribution in [2.24, 2.45) is 0 Å². The van der Waals surface area contributed by atoms with Crippen LogP contribution in [0.15, 0.2) is 95.9 Å². The summed E-state index contributed by atoms with van der Waals surface area (Å²) < 4.78 is 29.5. The number of amides is 2. The zero-order chi connectivity index (χ0) is 32.7. The third-order valence-electron chi connectivity index (χ3n) is 7.35. The van der Waals surface area contributed by atoms with Crippen molar-refractivity contribution in [3.05, 3.63) is 128 Å². The molecule has 0 aliphatic heterocycles. The molecular formula is C34H34Cl3N3O4S. The van der Waals surface area contributed by atoms with E-state index in [4.69, 9.17) is 34.8 Å². The number of anilines is 1. The lowest BCUT2D eigenvalue weighted by Crippen LogP contribution is -2.53. The zero-order valence-electron chi connectivity index (χ0n) is 25.1. The van der Waals surface area contributed by atoms with Crippen LogP contribution in [0.5, 0.6) is 0 Å². The smallest absolute Gasteiger partial charge is 0.264 e. The Hall–Kier alpha value is -3.56. The monoisotopic (exact) mass is 685 g/mol. The highest BCUT2D eigenvalue weighted by molar-refractivity contribution is 7.92. The lowest BCUT2D eigenvalue weighted by Gasteiger charge is -2.34. The van der Waals surface area contributed by atoms with Gasteiger partial charge < -0.3 is 10.2 Å². The molecule has 4 rings (SSSR count). The minimum atomic E-state index is -4.25. The highest BCUT2D eigenvalue weighted by Gasteiger charge is 2.35. The fraction of sp³-hybridized carbons (Fsp3) is 0.235. The van der Waals surface area contributed by atoms with E-state index >= 15 is 0 Å². The first-order valence-electron chi connectivity index (χ1n) is 14.3. The number of nitrogens with zero attached hydrogens (tertiary/aromatic N) is 2. The molecule has 4 aromatic rings. The Morgan fingerprint density at radius 2 is 1.49 bits per heavy atom. The van der Waals surface area contributed by atoms with Crippen molar-refractivity contribution >= 4 is 62.3 Å². The van der Waals surface area contributed by atoms with Crippen LogP contribution in [0.25, 0.3) is 0 Å². The molecule has 7 nitrogen and oxygen atoms in total. The van der Waals surface area contributed by atoms with Crippen molar-refractivity contribution in [1.82, 2.24) is 10.2 Å². The number of halogens is 3. The van der Waals surface area contributed by atoms with Gasteiger partial charge in [0, 0.05) is 24.5 Å². The predicted octanol–water partition coefficient (Wildman–Crippen LogP) is 7.24. The van der Waals surface area contributed by atoms with Crippen molar-refractivity contribution in [2.45, 2.75) is 44.7 Å². The fourth-order valence-corrected chi connectivity index (χ4v) is 6.86. The Kier molecular flexibility index (Phi) is 11.6. The average Bonchev–Trinajstić information content (AvgIpc) is 3.01. The fourth-order valence-electron chi connectivity index (χ4n) is 4.90. The molecule has 0 radical (unpaired) electrons. The summed E-state index contributed by atoms with van der Waals surface area (Å²) in [5.74, 6) is -0.968. The number of aryl methyl sites for hydroxylation is 1. The van der Waals surface area contributed by atoms with E-state index < -0.39 is 28.5 Å². The van der Waals surface area contributed by atoms with Crippen LogP contribution in [-0.4, -0.2) is 44.3 Å². The normalized spacial score (nSPS) is 12.0. The maximum atomic E-state index is 14.5. The molecule has 0 saturated carbocycles. The minimum Gasteiger partial charge on any atom is -0.355 e. The Balaban J connectivity index is 1.84. The number of benzene rings is 4. The van der Waals surface area contributed by atoms with Gasteiger partial charge in [-0.25, -0.2) is 8.42 Å². The molecule has 1 N–H and O–H groups in total. The second-order valence-electron chi connectivity index (χ2n) is 10.6. The number of nitrogens with one attached hydrogen (secondary N) is 1. The summed E-state index contributed by atoms with van der Waals surface area (Å²) in [5, 5.41) is 3.82. The Morgan fingerprint density at radius 3 is 2.13 bits per heavy atom. The predicted molar refractivity (Wildman–Crippen MR) is 182 cm³/mol. The van der Waals surface area contributed by atoms with Gasteiger partial charge in [0.2, 0.25) is 11.8 Å². The summed E-state index contributed by atoms with van der Waals surface area (Å²) in [6.07, 6.45) is 0.195. The third-order valence-corrected chi connectivity index (χ3v) is 10.3. The highest BCUT2D eigenvalue weighted by atomic mass is 35.5. The molecule has 0 aromatic heterocycles. The summed E-state index contributed by atoms with van der Waals surface area (Å²) in [5.41, 5.74) is 3.07. The SMILES string of the molecule is CCNC(=O)C(Cc1ccccc1)N(Cc1ccc(Cl)c(Cl)c1)C(=O)CN(c1cccc(Cl)c1C)S(=O)(=O)c1ccc(C)cc1. The van der Waals surface area contributed by atoms with Gasteiger partial charge in [-0.1, -0.05) is 95.0 Å². The van der Waals surface area contributed by atoms with Gasteiger partial charge in [-0.3, -0.25) is 13.9 Å². The van der Waals surface area contributed by atoms with Crippen LogP contribution in [0, 0.1) is 13.8 Å². The topological polar surface area (TPSA) is 86.8 Å². The third kappa shape index (κ3) is 8.38. The first-order chi connectivity index (χ1) is 21.4. The molecule has 0 bridgehead atoms. The van der Waals surface area contributed by atoms with Crippen LogP contribution in [0.3, 0.4) is 0 Å². The Morgan fingerprint density at radius 1 is 0.800 bits per heavy atom. The standard InChI is InChI=1S/C34H34Cl3N3O4S/c1-4-38-34(42)32(20-25-9-6-5-7-10-25)39(21-26-15-18-29(36)30(37)19-26)33(41)22-40(31-12-8-11-28(35)24(31)3)45(43,44)27-16-13-23(2)14-17-27/h5-19,32H,4,20-22H2,1-3H3,(H,38,42).